The normalized spacial score (nSPS) is 10.7. The SMILES string of the molecule is CC(C)N(CCCO)c1cccc(N)c1. The molecular weight excluding hydrogens is 188 g/mol. The van der Waals surface area contributed by atoms with Gasteiger partial charge < -0.3 is 15.7 Å². The van der Waals surface area contributed by atoms with Crippen molar-refractivity contribution in [3.63, 3.8) is 0 Å². The highest BCUT2D eigenvalue weighted by molar-refractivity contribution is 5.56. The highest BCUT2D eigenvalue weighted by atomic mass is 16.3. The molecule has 3 nitrogen and oxygen atoms in total. The Balaban J connectivity index is 2.79. The summed E-state index contributed by atoms with van der Waals surface area (Å²) in [5.74, 6) is 0. The monoisotopic (exact) mass is 208 g/mol. The predicted octanol–water partition coefficient (Wildman–Crippen LogP) is 1.87. The van der Waals surface area contributed by atoms with Crippen molar-refractivity contribution in [3.05, 3.63) is 24.3 Å². The standard InChI is InChI=1S/C12H20N2O/c1-10(2)14(7-4-8-15)12-6-3-5-11(13)9-12/h3,5-6,9-10,15H,4,7-8,13H2,1-2H3. The van der Waals surface area contributed by atoms with Crippen molar-refractivity contribution >= 4 is 11.4 Å². The molecule has 0 spiro atoms. The van der Waals surface area contributed by atoms with Crippen molar-refractivity contribution < 1.29 is 5.11 Å². The Morgan fingerprint density at radius 3 is 2.67 bits per heavy atom. The molecule has 0 atom stereocenters. The zero-order valence-electron chi connectivity index (χ0n) is 9.48. The van der Waals surface area contributed by atoms with Crippen molar-refractivity contribution in [1.29, 1.82) is 0 Å². The van der Waals surface area contributed by atoms with Gasteiger partial charge in [0.1, 0.15) is 0 Å². The number of benzene rings is 1. The van der Waals surface area contributed by atoms with Crippen molar-refractivity contribution in [2.24, 2.45) is 0 Å². The fourth-order valence-electron chi connectivity index (χ4n) is 1.63. The van der Waals surface area contributed by atoms with Gasteiger partial charge in [0, 0.05) is 30.6 Å². The van der Waals surface area contributed by atoms with Crippen molar-refractivity contribution in [2.75, 3.05) is 23.8 Å². The lowest BCUT2D eigenvalue weighted by Crippen LogP contribution is -2.32. The minimum absolute atomic E-state index is 0.228. The van der Waals surface area contributed by atoms with Gasteiger partial charge in [0.05, 0.1) is 0 Å². The van der Waals surface area contributed by atoms with E-state index in [1.165, 1.54) is 0 Å². The molecular formula is C12H20N2O. The molecule has 3 N–H and O–H groups in total. The second-order valence-corrected chi connectivity index (χ2v) is 3.96. The van der Waals surface area contributed by atoms with Crippen LogP contribution in [0.25, 0.3) is 0 Å². The van der Waals surface area contributed by atoms with Crippen LogP contribution in [0, 0.1) is 0 Å². The first-order valence-corrected chi connectivity index (χ1v) is 5.38. The Labute approximate surface area is 91.5 Å². The molecule has 0 fully saturated rings. The minimum atomic E-state index is 0.228. The van der Waals surface area contributed by atoms with E-state index in [2.05, 4.69) is 18.7 Å². The number of hydrogen-bond acceptors (Lipinski definition) is 3. The molecule has 0 amide bonds. The topological polar surface area (TPSA) is 49.5 Å². The third-order valence-electron chi connectivity index (χ3n) is 2.38. The lowest BCUT2D eigenvalue weighted by molar-refractivity contribution is 0.288. The largest absolute Gasteiger partial charge is 0.399 e. The Bertz CT molecular complexity index is 299. The molecule has 0 saturated heterocycles. The summed E-state index contributed by atoms with van der Waals surface area (Å²) in [6.07, 6.45) is 0.785. The summed E-state index contributed by atoms with van der Waals surface area (Å²) in [5, 5.41) is 8.85. The van der Waals surface area contributed by atoms with Crippen LogP contribution in [0.2, 0.25) is 0 Å². The van der Waals surface area contributed by atoms with Crippen molar-refractivity contribution in [3.8, 4) is 0 Å². The third-order valence-corrected chi connectivity index (χ3v) is 2.38. The lowest BCUT2D eigenvalue weighted by atomic mass is 10.2. The lowest BCUT2D eigenvalue weighted by Gasteiger charge is -2.29. The van der Waals surface area contributed by atoms with E-state index in [1.807, 2.05) is 24.3 Å². The van der Waals surface area contributed by atoms with Gasteiger partial charge in [-0.2, -0.15) is 0 Å². The van der Waals surface area contributed by atoms with Gasteiger partial charge >= 0.3 is 0 Å². The molecule has 0 radical (unpaired) electrons. The predicted molar refractivity (Wildman–Crippen MR) is 65.0 cm³/mol. The number of nitrogens with zero attached hydrogens (tertiary/aromatic N) is 1. The van der Waals surface area contributed by atoms with Gasteiger partial charge in [-0.15, -0.1) is 0 Å². The molecule has 0 aliphatic heterocycles. The smallest absolute Gasteiger partial charge is 0.0447 e. The van der Waals surface area contributed by atoms with Crippen LogP contribution in [-0.2, 0) is 0 Å². The fraction of sp³-hybridized carbons (Fsp3) is 0.500. The van der Waals surface area contributed by atoms with Gasteiger partial charge in [-0.1, -0.05) is 6.07 Å². The molecule has 0 aliphatic carbocycles. The molecule has 1 aromatic rings. The first kappa shape index (κ1) is 11.9. The highest BCUT2D eigenvalue weighted by Crippen LogP contribution is 2.19. The Kier molecular flexibility index (Phi) is 4.43. The number of nitrogens with two attached hydrogens (primary N) is 1. The van der Waals surface area contributed by atoms with Crippen LogP contribution in [0.5, 0.6) is 0 Å². The number of hydrogen-bond donors (Lipinski definition) is 2. The molecule has 3 heteroatoms. The van der Waals surface area contributed by atoms with E-state index in [4.69, 9.17) is 10.8 Å². The summed E-state index contributed by atoms with van der Waals surface area (Å²) in [5.41, 5.74) is 7.65. The van der Waals surface area contributed by atoms with Gasteiger partial charge in [0.25, 0.3) is 0 Å². The molecule has 0 aromatic heterocycles. The van der Waals surface area contributed by atoms with Crippen LogP contribution in [0.1, 0.15) is 20.3 Å². The van der Waals surface area contributed by atoms with Crippen LogP contribution < -0.4 is 10.6 Å². The summed E-state index contributed by atoms with van der Waals surface area (Å²) < 4.78 is 0. The van der Waals surface area contributed by atoms with E-state index in [9.17, 15) is 0 Å². The van der Waals surface area contributed by atoms with E-state index >= 15 is 0 Å². The summed E-state index contributed by atoms with van der Waals surface area (Å²) in [6, 6.07) is 8.27. The van der Waals surface area contributed by atoms with E-state index in [-0.39, 0.29) is 6.61 Å². The molecule has 1 aromatic carbocycles. The molecule has 0 bridgehead atoms. The number of rotatable bonds is 5. The Hall–Kier alpha value is -1.22. The zero-order valence-corrected chi connectivity index (χ0v) is 9.48. The number of anilines is 2. The second kappa shape index (κ2) is 5.61. The van der Waals surface area contributed by atoms with Gasteiger partial charge in [-0.25, -0.2) is 0 Å². The van der Waals surface area contributed by atoms with Crippen LogP contribution in [-0.4, -0.2) is 24.3 Å². The quantitative estimate of drug-likeness (QED) is 0.726. The molecule has 15 heavy (non-hydrogen) atoms. The van der Waals surface area contributed by atoms with E-state index in [1.54, 1.807) is 0 Å². The first-order valence-electron chi connectivity index (χ1n) is 5.38. The van der Waals surface area contributed by atoms with Gasteiger partial charge in [0.2, 0.25) is 0 Å². The van der Waals surface area contributed by atoms with E-state index in [0.717, 1.165) is 24.3 Å². The molecule has 0 saturated carbocycles. The Morgan fingerprint density at radius 2 is 2.13 bits per heavy atom. The number of aliphatic hydroxyl groups excluding tert-OH is 1. The first-order chi connectivity index (χ1) is 7.15. The van der Waals surface area contributed by atoms with Crippen LogP contribution in [0.3, 0.4) is 0 Å². The molecule has 0 heterocycles. The van der Waals surface area contributed by atoms with Crippen LogP contribution >= 0.6 is 0 Å². The number of aliphatic hydroxyl groups is 1. The molecule has 1 rings (SSSR count). The highest BCUT2D eigenvalue weighted by Gasteiger charge is 2.09. The van der Waals surface area contributed by atoms with Crippen molar-refractivity contribution in [2.45, 2.75) is 26.3 Å². The average molecular weight is 208 g/mol. The summed E-state index contributed by atoms with van der Waals surface area (Å²) in [6.45, 7) is 5.37. The van der Waals surface area contributed by atoms with Gasteiger partial charge in [-0.3, -0.25) is 0 Å². The zero-order chi connectivity index (χ0) is 11.3. The minimum Gasteiger partial charge on any atom is -0.399 e. The van der Waals surface area contributed by atoms with Gasteiger partial charge in [0.15, 0.2) is 0 Å². The molecule has 0 aliphatic rings. The summed E-state index contributed by atoms with van der Waals surface area (Å²) in [7, 11) is 0. The number of nitrogen functional groups attached to an aromatic ring is 1. The van der Waals surface area contributed by atoms with E-state index in [0.29, 0.717) is 6.04 Å². The average Bonchev–Trinajstić information content (AvgIpc) is 2.18. The second-order valence-electron chi connectivity index (χ2n) is 3.96. The maximum Gasteiger partial charge on any atom is 0.0447 e. The summed E-state index contributed by atoms with van der Waals surface area (Å²) in [4.78, 5) is 2.24. The van der Waals surface area contributed by atoms with E-state index < -0.39 is 0 Å². The Morgan fingerprint density at radius 1 is 1.40 bits per heavy atom. The molecule has 0 unspecified atom stereocenters. The maximum atomic E-state index is 8.85. The fourth-order valence-corrected chi connectivity index (χ4v) is 1.63. The van der Waals surface area contributed by atoms with Crippen LogP contribution in [0.4, 0.5) is 11.4 Å². The summed E-state index contributed by atoms with van der Waals surface area (Å²) >= 11 is 0. The maximum absolute atomic E-state index is 8.85. The van der Waals surface area contributed by atoms with Crippen LogP contribution in [0.15, 0.2) is 24.3 Å². The van der Waals surface area contributed by atoms with Crippen molar-refractivity contribution in [1.82, 2.24) is 0 Å². The third kappa shape index (κ3) is 3.44. The van der Waals surface area contributed by atoms with Gasteiger partial charge in [-0.05, 0) is 38.5 Å². The molecule has 84 valence electrons.